The molecule has 0 spiro atoms. The van der Waals surface area contributed by atoms with Crippen LogP contribution in [-0.2, 0) is 14.4 Å². The summed E-state index contributed by atoms with van der Waals surface area (Å²) in [6.45, 7) is 1.06. The number of carbonyl (C=O) groups is 3. The normalized spacial score (nSPS) is 12.1. The van der Waals surface area contributed by atoms with Crippen molar-refractivity contribution in [2.24, 2.45) is 5.92 Å². The molecule has 0 aliphatic carbocycles. The topological polar surface area (TPSA) is 71.4 Å². The lowest BCUT2D eigenvalue weighted by molar-refractivity contribution is -0.147. The summed E-state index contributed by atoms with van der Waals surface area (Å²) in [4.78, 5) is 29.9. The fraction of sp³-hybridized carbons (Fsp3) is 0.400. The Balaban J connectivity index is 4.16. The van der Waals surface area contributed by atoms with Crippen LogP contribution >= 0.6 is 0 Å². The average Bonchev–Trinajstić information content (AvgIpc) is 1.64. The molecule has 0 amide bonds. The number of carboxylic acids is 1. The van der Waals surface area contributed by atoms with Crippen molar-refractivity contribution in [3.8, 4) is 0 Å². The van der Waals surface area contributed by atoms with Crippen molar-refractivity contribution in [2.75, 3.05) is 0 Å². The maximum Gasteiger partial charge on any atom is 0.321 e. The fourth-order valence-electron chi connectivity index (χ4n) is 0.328. The van der Waals surface area contributed by atoms with E-state index in [1.807, 2.05) is 0 Å². The minimum Gasteiger partial charge on any atom is -0.480 e. The zero-order chi connectivity index (χ0) is 7.44. The van der Waals surface area contributed by atoms with Crippen molar-refractivity contribution < 1.29 is 19.5 Å². The minimum absolute atomic E-state index is 0.116. The van der Waals surface area contributed by atoms with Gasteiger partial charge in [-0.05, 0) is 6.92 Å². The van der Waals surface area contributed by atoms with E-state index in [1.165, 1.54) is 0 Å². The predicted octanol–water partition coefficient (Wildman–Crippen LogP) is -0.525. The molecule has 0 aliphatic rings. The van der Waals surface area contributed by atoms with Crippen LogP contribution in [0.4, 0.5) is 0 Å². The van der Waals surface area contributed by atoms with Crippen LogP contribution in [0.2, 0.25) is 0 Å². The van der Waals surface area contributed by atoms with Gasteiger partial charge in [0.15, 0.2) is 11.7 Å². The fourth-order valence-corrected chi connectivity index (χ4v) is 0.328. The van der Waals surface area contributed by atoms with Gasteiger partial charge in [0, 0.05) is 0 Å². The molecule has 0 aromatic rings. The first-order valence-electron chi connectivity index (χ1n) is 2.28. The Morgan fingerprint density at radius 3 is 2.00 bits per heavy atom. The lowest BCUT2D eigenvalue weighted by atomic mass is 10.1. The van der Waals surface area contributed by atoms with Crippen LogP contribution in [0.25, 0.3) is 0 Å². The van der Waals surface area contributed by atoms with E-state index in [4.69, 9.17) is 5.11 Å². The first-order chi connectivity index (χ1) is 4.09. The Morgan fingerprint density at radius 2 is 2.00 bits per heavy atom. The van der Waals surface area contributed by atoms with Gasteiger partial charge in [-0.2, -0.15) is 0 Å². The smallest absolute Gasteiger partial charge is 0.321 e. The number of aldehydes is 1. The first-order valence-corrected chi connectivity index (χ1v) is 2.28. The molecule has 4 heteroatoms. The van der Waals surface area contributed by atoms with E-state index in [1.54, 1.807) is 0 Å². The maximum absolute atomic E-state index is 10.2. The van der Waals surface area contributed by atoms with Crippen molar-refractivity contribution in [3.05, 3.63) is 0 Å². The second-order valence-electron chi connectivity index (χ2n) is 1.56. The van der Waals surface area contributed by atoms with Gasteiger partial charge in [0.05, 0.1) is 0 Å². The summed E-state index contributed by atoms with van der Waals surface area (Å²) >= 11 is 0. The molecule has 1 atom stereocenters. The molecule has 0 saturated carbocycles. The Kier molecular flexibility index (Phi) is 2.57. The molecule has 1 unspecified atom stereocenters. The summed E-state index contributed by atoms with van der Waals surface area (Å²) in [5, 5.41) is 8.09. The van der Waals surface area contributed by atoms with E-state index in [0.717, 1.165) is 6.92 Å². The lowest BCUT2D eigenvalue weighted by Crippen LogP contribution is -2.22. The van der Waals surface area contributed by atoms with Crippen molar-refractivity contribution in [3.63, 3.8) is 0 Å². The Morgan fingerprint density at radius 1 is 1.56 bits per heavy atom. The number of rotatable bonds is 3. The number of aliphatic carboxylic acids is 1. The number of carboxylic acid groups (broad SMARTS) is 1. The van der Waals surface area contributed by atoms with E-state index in [0.29, 0.717) is 0 Å². The highest BCUT2D eigenvalue weighted by Crippen LogP contribution is 1.91. The molecule has 50 valence electrons. The number of ketones is 1. The summed E-state index contributed by atoms with van der Waals surface area (Å²) in [5.41, 5.74) is 0. The standard InChI is InChI=1S/C5H6O4/c1-3(7)4(2-6)5(8)9/h2,4H,1H3,(H,8,9). The summed E-state index contributed by atoms with van der Waals surface area (Å²) in [7, 11) is 0. The molecule has 0 heterocycles. The van der Waals surface area contributed by atoms with Crippen molar-refractivity contribution in [1.29, 1.82) is 0 Å². The second kappa shape index (κ2) is 2.96. The minimum atomic E-state index is -1.48. The van der Waals surface area contributed by atoms with Gasteiger partial charge in [0.25, 0.3) is 0 Å². The van der Waals surface area contributed by atoms with E-state index >= 15 is 0 Å². The quantitative estimate of drug-likeness (QED) is 0.412. The molecule has 0 aliphatic heterocycles. The Labute approximate surface area is 51.5 Å². The highest BCUT2D eigenvalue weighted by atomic mass is 16.4. The number of hydrogen-bond donors (Lipinski definition) is 1. The van der Waals surface area contributed by atoms with Gasteiger partial charge in [-0.1, -0.05) is 0 Å². The highest BCUT2D eigenvalue weighted by Gasteiger charge is 2.20. The maximum atomic E-state index is 10.2. The number of hydrogen-bond acceptors (Lipinski definition) is 3. The zero-order valence-electron chi connectivity index (χ0n) is 4.83. The monoisotopic (exact) mass is 130 g/mol. The van der Waals surface area contributed by atoms with Gasteiger partial charge >= 0.3 is 5.97 Å². The van der Waals surface area contributed by atoms with Gasteiger partial charge in [0.1, 0.15) is 6.29 Å². The van der Waals surface area contributed by atoms with Crippen LogP contribution in [0.3, 0.4) is 0 Å². The van der Waals surface area contributed by atoms with E-state index in [2.05, 4.69) is 0 Å². The van der Waals surface area contributed by atoms with Crippen LogP contribution in [0.1, 0.15) is 6.92 Å². The molecule has 0 bridgehead atoms. The van der Waals surface area contributed by atoms with Crippen LogP contribution < -0.4 is 0 Å². The van der Waals surface area contributed by atoms with Crippen LogP contribution in [-0.4, -0.2) is 23.1 Å². The Hall–Kier alpha value is -1.19. The summed E-state index contributed by atoms with van der Waals surface area (Å²) in [6, 6.07) is 0. The third-order valence-electron chi connectivity index (χ3n) is 0.840. The van der Waals surface area contributed by atoms with Crippen molar-refractivity contribution in [1.82, 2.24) is 0 Å². The average molecular weight is 130 g/mol. The van der Waals surface area contributed by atoms with Crippen LogP contribution in [0, 0.1) is 5.92 Å². The van der Waals surface area contributed by atoms with Gasteiger partial charge in [-0.3, -0.25) is 9.59 Å². The zero-order valence-corrected chi connectivity index (χ0v) is 4.83. The molecule has 4 nitrogen and oxygen atoms in total. The third-order valence-corrected chi connectivity index (χ3v) is 0.840. The van der Waals surface area contributed by atoms with Gasteiger partial charge < -0.3 is 9.90 Å². The van der Waals surface area contributed by atoms with Gasteiger partial charge in [-0.15, -0.1) is 0 Å². The number of Topliss-reactive ketones (excluding diaryl/α,β-unsaturated/α-hetero) is 1. The van der Waals surface area contributed by atoms with Crippen molar-refractivity contribution in [2.45, 2.75) is 6.92 Å². The highest BCUT2D eigenvalue weighted by molar-refractivity contribution is 6.09. The van der Waals surface area contributed by atoms with Gasteiger partial charge in [-0.25, -0.2) is 0 Å². The molecule has 0 fully saturated rings. The van der Waals surface area contributed by atoms with E-state index < -0.39 is 17.7 Å². The molecule has 0 aromatic carbocycles. The summed E-state index contributed by atoms with van der Waals surface area (Å²) in [5.74, 6) is -3.51. The van der Waals surface area contributed by atoms with Crippen LogP contribution in [0.5, 0.6) is 0 Å². The van der Waals surface area contributed by atoms with Crippen molar-refractivity contribution >= 4 is 18.0 Å². The van der Waals surface area contributed by atoms with E-state index in [9.17, 15) is 14.4 Å². The largest absolute Gasteiger partial charge is 0.480 e. The second-order valence-corrected chi connectivity index (χ2v) is 1.56. The molecule has 9 heavy (non-hydrogen) atoms. The third kappa shape index (κ3) is 2.03. The van der Waals surface area contributed by atoms with Gasteiger partial charge in [0.2, 0.25) is 0 Å². The van der Waals surface area contributed by atoms with Crippen LogP contribution in [0.15, 0.2) is 0 Å². The predicted molar refractivity (Wildman–Crippen MR) is 27.9 cm³/mol. The van der Waals surface area contributed by atoms with E-state index in [-0.39, 0.29) is 6.29 Å². The number of carbonyl (C=O) groups excluding carboxylic acids is 2. The lowest BCUT2D eigenvalue weighted by Gasteiger charge is -1.95. The molecule has 0 rings (SSSR count). The molecule has 1 N–H and O–H groups in total. The summed E-state index contributed by atoms with van der Waals surface area (Å²) < 4.78 is 0. The first kappa shape index (κ1) is 7.81. The summed E-state index contributed by atoms with van der Waals surface area (Å²) in [6.07, 6.45) is 0.116. The Bertz CT molecular complexity index is 135. The molecular weight excluding hydrogens is 124 g/mol. The molecule has 0 aromatic heterocycles. The molecule has 0 radical (unpaired) electrons. The molecular formula is C5H6O4. The molecule has 0 saturated heterocycles. The SMILES string of the molecule is CC(=O)C(C=O)C(=O)O.